The van der Waals surface area contributed by atoms with Crippen LogP contribution in [0.15, 0.2) is 122 Å². The van der Waals surface area contributed by atoms with Crippen molar-refractivity contribution in [1.82, 2.24) is 5.06 Å². The lowest BCUT2D eigenvalue weighted by Gasteiger charge is -2.31. The van der Waals surface area contributed by atoms with Gasteiger partial charge < -0.3 is 90.3 Å². The number of rotatable bonds is 63. The number of amides is 2. The molecule has 0 N–H and O–H groups in total. The Balaban J connectivity index is 1.23. The highest BCUT2D eigenvalue weighted by Gasteiger charge is 2.49. The molecule has 0 saturated carbocycles. The lowest BCUT2D eigenvalue weighted by molar-refractivity contribution is -0.442. The number of hydroxylamine groups is 2. The van der Waals surface area contributed by atoms with Gasteiger partial charge in [-0.15, -0.1) is 5.06 Å². The Morgan fingerprint density at radius 1 is 0.443 bits per heavy atom. The van der Waals surface area contributed by atoms with Gasteiger partial charge >= 0.3 is 5.97 Å². The van der Waals surface area contributed by atoms with Crippen LogP contribution in [0.1, 0.15) is 76.3 Å². The molecule has 2 amide bonds. The quantitative estimate of drug-likeness (QED) is 0.0247. The Morgan fingerprint density at radius 3 is 1.35 bits per heavy atom. The van der Waals surface area contributed by atoms with Gasteiger partial charge in [-0.05, 0) is 129 Å². The lowest BCUT2D eigenvalue weighted by atomic mass is 9.76. The minimum atomic E-state index is -4.20. The van der Waals surface area contributed by atoms with Crippen LogP contribution in [0.4, 0.5) is 11.4 Å². The summed E-state index contributed by atoms with van der Waals surface area (Å²) in [5.74, 6) is -1.10. The first-order chi connectivity index (χ1) is 55.6. The normalized spacial score (nSPS) is 18.1. The second-order valence-electron chi connectivity index (χ2n) is 26.7. The van der Waals surface area contributed by atoms with Gasteiger partial charge in [0.25, 0.3) is 42.2 Å². The van der Waals surface area contributed by atoms with Gasteiger partial charge in [-0.1, -0.05) is 6.08 Å². The Labute approximate surface area is 676 Å². The minimum Gasteiger partial charge on any atom is -0.457 e. The van der Waals surface area contributed by atoms with E-state index in [2.05, 4.69) is 9.48 Å². The van der Waals surface area contributed by atoms with Gasteiger partial charge in [0.2, 0.25) is 5.69 Å². The van der Waals surface area contributed by atoms with Crippen LogP contribution in [0.25, 0.3) is 0 Å². The first-order valence-corrected chi connectivity index (χ1v) is 42.6. The van der Waals surface area contributed by atoms with E-state index in [-0.39, 0.29) is 140 Å². The second kappa shape index (κ2) is 51.1. The SMILES string of the molecule is COCCOCCOCCOCC[N+]1=C(/C=C/C2=C(Oc3ccc(S(=O)(=O)OC)cc3)C(=C/C=C3/N(CCOCCOCCOCCOCCC(=O)ON4C(=O)CCC4=O)c4ccc(S(=O)(=O)OC)cc4C3(C)CCOCCOCCOCCOC)/CCC2)C(C)(CCOCCOCCOCCOC)c2cc(S(=O)(=O)OC)ccc21. The van der Waals surface area contributed by atoms with Crippen molar-refractivity contribution in [3.63, 3.8) is 0 Å². The predicted molar refractivity (Wildman–Crippen MR) is 418 cm³/mol. The molecular formula is C79H116N3O30S3+. The van der Waals surface area contributed by atoms with Crippen LogP contribution in [0, 0.1) is 0 Å². The molecule has 4 aliphatic rings. The van der Waals surface area contributed by atoms with Crippen molar-refractivity contribution in [3.8, 4) is 5.75 Å². The fourth-order valence-corrected chi connectivity index (χ4v) is 14.9. The molecule has 7 rings (SSSR count). The number of anilines is 1. The molecule has 2 atom stereocenters. The number of fused-ring (bicyclic) bond motifs is 2. The van der Waals surface area contributed by atoms with Crippen molar-refractivity contribution in [2.45, 2.75) is 90.7 Å². The van der Waals surface area contributed by atoms with Crippen molar-refractivity contribution in [2.75, 3.05) is 252 Å². The number of allylic oxidation sites excluding steroid dienone is 7. The number of methoxy groups -OCH3 is 3. The summed E-state index contributed by atoms with van der Waals surface area (Å²) in [6, 6.07) is 15.8. The molecule has 1 fully saturated rings. The molecule has 0 bridgehead atoms. The zero-order chi connectivity index (χ0) is 82.8. The van der Waals surface area contributed by atoms with E-state index in [9.17, 15) is 39.6 Å². The lowest BCUT2D eigenvalue weighted by Crippen LogP contribution is -2.33. The number of ether oxygens (including phenoxy) is 17. The summed E-state index contributed by atoms with van der Waals surface area (Å²) in [5, 5.41) is 0.494. The molecule has 3 aromatic carbocycles. The summed E-state index contributed by atoms with van der Waals surface area (Å²) in [6.07, 6.45) is 10.3. The topological polar surface area (TPSA) is 357 Å². The van der Waals surface area contributed by atoms with Crippen LogP contribution in [0.3, 0.4) is 0 Å². The third-order valence-corrected chi connectivity index (χ3v) is 22.9. The first kappa shape index (κ1) is 95.7. The van der Waals surface area contributed by atoms with Crippen LogP contribution in [0.2, 0.25) is 0 Å². The van der Waals surface area contributed by atoms with Gasteiger partial charge in [0, 0.05) is 88.4 Å². The van der Waals surface area contributed by atoms with Crippen LogP contribution < -0.4 is 9.64 Å². The molecule has 0 aromatic heterocycles. The average molecular weight is 1680 g/mol. The highest BCUT2D eigenvalue weighted by atomic mass is 32.2. The molecule has 33 nitrogen and oxygen atoms in total. The second-order valence-corrected chi connectivity index (χ2v) is 31.8. The number of benzene rings is 3. The van der Waals surface area contributed by atoms with Crippen molar-refractivity contribution < 1.29 is 142 Å². The number of imide groups is 1. The fraction of sp³-hybridized carbons (Fsp3) is 0.620. The van der Waals surface area contributed by atoms with Gasteiger partial charge in [-0.25, -0.2) is 4.79 Å². The molecule has 0 spiro atoms. The summed E-state index contributed by atoms with van der Waals surface area (Å²) < 4.78 is 196. The molecule has 2 unspecified atom stereocenters. The number of hydrogen-bond donors (Lipinski definition) is 0. The number of nitrogens with zero attached hydrogens (tertiary/aromatic N) is 3. The molecule has 644 valence electrons. The maximum atomic E-state index is 13.6. The van der Waals surface area contributed by atoms with Gasteiger partial charge in [0.05, 0.1) is 220 Å². The molecule has 1 aliphatic carbocycles. The Morgan fingerprint density at radius 2 is 0.861 bits per heavy atom. The fourth-order valence-electron chi connectivity index (χ4n) is 12.8. The maximum absolute atomic E-state index is 13.6. The van der Waals surface area contributed by atoms with E-state index >= 15 is 0 Å². The van der Waals surface area contributed by atoms with Crippen molar-refractivity contribution >= 4 is 65.2 Å². The zero-order valence-corrected chi connectivity index (χ0v) is 69.9. The van der Waals surface area contributed by atoms with E-state index in [0.717, 1.165) is 49.6 Å². The number of hydrogen-bond acceptors (Lipinski definition) is 31. The number of carbonyl (C=O) groups is 3. The summed E-state index contributed by atoms with van der Waals surface area (Å²) in [6.45, 7) is 13.5. The highest BCUT2D eigenvalue weighted by Crippen LogP contribution is 2.51. The average Bonchev–Trinajstić information content (AvgIpc) is 1.58. The van der Waals surface area contributed by atoms with Crippen molar-refractivity contribution in [2.24, 2.45) is 0 Å². The van der Waals surface area contributed by atoms with Crippen LogP contribution in [-0.2, 0) is 149 Å². The monoisotopic (exact) mass is 1680 g/mol. The van der Waals surface area contributed by atoms with Crippen LogP contribution >= 0.6 is 0 Å². The molecule has 3 aromatic rings. The van der Waals surface area contributed by atoms with Gasteiger partial charge in [-0.3, -0.25) is 22.1 Å². The Kier molecular flexibility index (Phi) is 42.6. The highest BCUT2D eigenvalue weighted by molar-refractivity contribution is 7.87. The molecule has 36 heteroatoms. The summed E-state index contributed by atoms with van der Waals surface area (Å²) in [7, 11) is -4.34. The molecule has 1 saturated heterocycles. The maximum Gasteiger partial charge on any atom is 0.335 e. The van der Waals surface area contributed by atoms with E-state index in [1.165, 1.54) is 24.3 Å². The number of carbonyl (C=O) groups excluding carboxylic acids is 3. The molecule has 3 aliphatic heterocycles. The first-order valence-electron chi connectivity index (χ1n) is 38.4. The zero-order valence-electron chi connectivity index (χ0n) is 67.5. The summed E-state index contributed by atoms with van der Waals surface area (Å²) >= 11 is 0. The smallest absolute Gasteiger partial charge is 0.335 e. The van der Waals surface area contributed by atoms with Crippen LogP contribution in [-0.4, -0.2) is 306 Å². The third-order valence-electron chi connectivity index (χ3n) is 19.1. The van der Waals surface area contributed by atoms with E-state index in [0.29, 0.717) is 165 Å². The van der Waals surface area contributed by atoms with Crippen molar-refractivity contribution in [1.29, 1.82) is 0 Å². The van der Waals surface area contributed by atoms with E-state index < -0.39 is 59.0 Å². The largest absolute Gasteiger partial charge is 0.457 e. The van der Waals surface area contributed by atoms with Gasteiger partial charge in [0.1, 0.15) is 18.1 Å². The predicted octanol–water partition coefficient (Wildman–Crippen LogP) is 6.64. The molecule has 0 radical (unpaired) electrons. The minimum absolute atomic E-state index is 0.00121. The molecule has 3 heterocycles. The Hall–Kier alpha value is -6.41. The Bertz CT molecular complexity index is 4010. The molecule has 115 heavy (non-hydrogen) atoms. The summed E-state index contributed by atoms with van der Waals surface area (Å²) in [5.41, 5.74) is 4.05. The third kappa shape index (κ3) is 30.1. The van der Waals surface area contributed by atoms with Crippen molar-refractivity contribution in [3.05, 3.63) is 119 Å². The van der Waals surface area contributed by atoms with Crippen LogP contribution in [0.5, 0.6) is 5.75 Å². The van der Waals surface area contributed by atoms with Gasteiger partial charge in [-0.2, -0.15) is 29.8 Å². The summed E-state index contributed by atoms with van der Waals surface area (Å²) in [4.78, 5) is 42.5. The van der Waals surface area contributed by atoms with Gasteiger partial charge in [0.15, 0.2) is 12.3 Å². The van der Waals surface area contributed by atoms with E-state index in [1.54, 1.807) is 57.7 Å². The molecular weight excluding hydrogens is 1570 g/mol. The van der Waals surface area contributed by atoms with E-state index in [4.69, 9.17) is 97.9 Å². The van der Waals surface area contributed by atoms with E-state index in [1.807, 2.05) is 38.2 Å². The standard InChI is InChI=1S/C79H116N3O30S3/c1-78(27-32-99-43-48-107-55-52-103-39-36-92-3)68-60-66(114(88,89)96-7)18-20-70(68)80(29-34-101-45-50-109-57-54-105-41-38-94-5)72(78)22-12-62-10-9-11-63(77(62)111-64-14-16-65(17-15-64)113(86,87)95-6)13-23-73-79(2,28-33-100-44-49-108-56-53-104-40-37-93-4)69-61-67(115(90,91)97-8)19-21-71(69)81(73)30-35-102-46-51-110-59-58-106-47-42-98-31-26-76(85)112-82-74(83)24-25-75(82)84/h12-23,60-61H,9-11,24-59H2,1-8H3/q+1.